The summed E-state index contributed by atoms with van der Waals surface area (Å²) in [4.78, 5) is 24.5. The SMILES string of the molecule is C[C@H](OC(=O)C1CCCC1)C(=O)Nc1ccc(S(=O)(=O)N2CCCC2)cc1. The number of hydrogen-bond donors (Lipinski definition) is 1. The first-order valence-electron chi connectivity index (χ1n) is 9.49. The van der Waals surface area contributed by atoms with Crippen LogP contribution in [0, 0.1) is 5.92 Å². The number of carbonyl (C=O) groups excluding carboxylic acids is 2. The van der Waals surface area contributed by atoms with Crippen LogP contribution in [-0.2, 0) is 24.3 Å². The molecule has 0 unspecified atom stereocenters. The maximum absolute atomic E-state index is 12.5. The summed E-state index contributed by atoms with van der Waals surface area (Å²) in [5.74, 6) is -0.853. The van der Waals surface area contributed by atoms with Crippen molar-refractivity contribution in [3.05, 3.63) is 24.3 Å². The van der Waals surface area contributed by atoms with E-state index in [4.69, 9.17) is 4.74 Å². The fourth-order valence-corrected chi connectivity index (χ4v) is 5.03. The Balaban J connectivity index is 1.57. The maximum atomic E-state index is 12.5. The highest BCUT2D eigenvalue weighted by Crippen LogP contribution is 2.26. The Morgan fingerprint density at radius 3 is 2.26 bits per heavy atom. The molecule has 2 aliphatic rings. The Morgan fingerprint density at radius 1 is 1.07 bits per heavy atom. The van der Waals surface area contributed by atoms with Crippen molar-refractivity contribution in [3.8, 4) is 0 Å². The Kier molecular flexibility index (Phi) is 6.16. The van der Waals surface area contributed by atoms with Gasteiger partial charge in [0.2, 0.25) is 10.0 Å². The lowest BCUT2D eigenvalue weighted by atomic mass is 10.1. The molecule has 0 aromatic heterocycles. The molecular weight excluding hydrogens is 368 g/mol. The molecule has 1 N–H and O–H groups in total. The number of nitrogens with one attached hydrogen (secondary N) is 1. The van der Waals surface area contributed by atoms with E-state index >= 15 is 0 Å². The Hall–Kier alpha value is -1.93. The minimum Gasteiger partial charge on any atom is -0.452 e. The molecule has 148 valence electrons. The van der Waals surface area contributed by atoms with Crippen LogP contribution < -0.4 is 5.32 Å². The van der Waals surface area contributed by atoms with E-state index in [1.54, 1.807) is 12.1 Å². The van der Waals surface area contributed by atoms with E-state index in [9.17, 15) is 18.0 Å². The van der Waals surface area contributed by atoms with Crippen molar-refractivity contribution in [2.24, 2.45) is 5.92 Å². The normalized spacial score (nSPS) is 19.7. The van der Waals surface area contributed by atoms with Gasteiger partial charge in [0, 0.05) is 18.8 Å². The van der Waals surface area contributed by atoms with Gasteiger partial charge in [-0.1, -0.05) is 12.8 Å². The Labute approximate surface area is 160 Å². The van der Waals surface area contributed by atoms with Crippen LogP contribution in [-0.4, -0.2) is 43.8 Å². The van der Waals surface area contributed by atoms with Crippen molar-refractivity contribution in [1.82, 2.24) is 4.31 Å². The third-order valence-corrected chi connectivity index (χ3v) is 7.09. The van der Waals surface area contributed by atoms with Crippen molar-refractivity contribution >= 4 is 27.6 Å². The average molecular weight is 394 g/mol. The molecule has 1 aromatic rings. The number of carbonyl (C=O) groups is 2. The molecule has 3 rings (SSSR count). The lowest BCUT2D eigenvalue weighted by molar-refractivity contribution is -0.157. The first-order valence-corrected chi connectivity index (χ1v) is 10.9. The van der Waals surface area contributed by atoms with E-state index < -0.39 is 22.0 Å². The summed E-state index contributed by atoms with van der Waals surface area (Å²) in [6.45, 7) is 2.63. The van der Waals surface area contributed by atoms with Crippen LogP contribution in [0.25, 0.3) is 0 Å². The number of rotatable bonds is 6. The molecule has 1 saturated heterocycles. The van der Waals surface area contributed by atoms with Gasteiger partial charge in [-0.05, 0) is 56.9 Å². The summed E-state index contributed by atoms with van der Waals surface area (Å²) in [6, 6.07) is 6.07. The minimum atomic E-state index is -3.47. The summed E-state index contributed by atoms with van der Waals surface area (Å²) in [5, 5.41) is 2.66. The van der Waals surface area contributed by atoms with Crippen molar-refractivity contribution in [3.63, 3.8) is 0 Å². The second-order valence-electron chi connectivity index (χ2n) is 7.19. The van der Waals surface area contributed by atoms with Crippen LogP contribution >= 0.6 is 0 Å². The first-order chi connectivity index (χ1) is 12.9. The summed E-state index contributed by atoms with van der Waals surface area (Å²) in [7, 11) is -3.47. The van der Waals surface area contributed by atoms with Gasteiger partial charge >= 0.3 is 5.97 Å². The molecule has 1 saturated carbocycles. The second-order valence-corrected chi connectivity index (χ2v) is 9.12. The molecular formula is C19H26N2O5S. The molecule has 8 heteroatoms. The van der Waals surface area contributed by atoms with Gasteiger partial charge in [-0.3, -0.25) is 9.59 Å². The topological polar surface area (TPSA) is 92.8 Å². The monoisotopic (exact) mass is 394 g/mol. The minimum absolute atomic E-state index is 0.102. The van der Waals surface area contributed by atoms with Crippen LogP contribution in [0.3, 0.4) is 0 Å². The van der Waals surface area contributed by atoms with Gasteiger partial charge in [-0.25, -0.2) is 8.42 Å². The first kappa shape index (κ1) is 19.8. The quantitative estimate of drug-likeness (QED) is 0.749. The van der Waals surface area contributed by atoms with E-state index in [0.717, 1.165) is 38.5 Å². The standard InChI is InChI=1S/C19H26N2O5S/c1-14(26-19(23)15-6-2-3-7-15)18(22)20-16-8-10-17(11-9-16)27(24,25)21-12-4-5-13-21/h8-11,14-15H,2-7,12-13H2,1H3,(H,20,22)/t14-/m0/s1. The predicted molar refractivity (Wildman–Crippen MR) is 101 cm³/mol. The molecule has 1 aliphatic carbocycles. The third-order valence-electron chi connectivity index (χ3n) is 5.18. The van der Waals surface area contributed by atoms with E-state index in [1.807, 2.05) is 0 Å². The van der Waals surface area contributed by atoms with Crippen LogP contribution in [0.2, 0.25) is 0 Å². The van der Waals surface area contributed by atoms with Crippen molar-refractivity contribution < 1.29 is 22.7 Å². The van der Waals surface area contributed by atoms with Gasteiger partial charge in [-0.15, -0.1) is 0 Å². The van der Waals surface area contributed by atoms with Gasteiger partial charge in [-0.2, -0.15) is 4.31 Å². The average Bonchev–Trinajstić information content (AvgIpc) is 3.36. The number of amides is 1. The van der Waals surface area contributed by atoms with Crippen LogP contribution in [0.4, 0.5) is 5.69 Å². The van der Waals surface area contributed by atoms with E-state index in [0.29, 0.717) is 18.8 Å². The number of esters is 1. The van der Waals surface area contributed by atoms with Gasteiger partial charge in [0.1, 0.15) is 0 Å². The molecule has 1 aromatic carbocycles. The summed E-state index contributed by atoms with van der Waals surface area (Å²) in [6.07, 6.45) is 4.54. The number of hydrogen-bond acceptors (Lipinski definition) is 5. The molecule has 7 nitrogen and oxygen atoms in total. The highest BCUT2D eigenvalue weighted by molar-refractivity contribution is 7.89. The number of sulfonamides is 1. The van der Waals surface area contributed by atoms with Crippen molar-refractivity contribution in [2.45, 2.75) is 56.4 Å². The number of nitrogens with zero attached hydrogens (tertiary/aromatic N) is 1. The van der Waals surface area contributed by atoms with Crippen LogP contribution in [0.15, 0.2) is 29.2 Å². The zero-order chi connectivity index (χ0) is 19.4. The molecule has 1 amide bonds. The number of anilines is 1. The molecule has 1 atom stereocenters. The molecule has 27 heavy (non-hydrogen) atoms. The fraction of sp³-hybridized carbons (Fsp3) is 0.579. The molecule has 1 heterocycles. The van der Waals surface area contributed by atoms with Crippen LogP contribution in [0.5, 0.6) is 0 Å². The molecule has 0 spiro atoms. The zero-order valence-electron chi connectivity index (χ0n) is 15.5. The van der Waals surface area contributed by atoms with Gasteiger partial charge in [0.15, 0.2) is 6.10 Å². The van der Waals surface area contributed by atoms with Gasteiger partial charge in [0.05, 0.1) is 10.8 Å². The molecule has 2 fully saturated rings. The zero-order valence-corrected chi connectivity index (χ0v) is 16.3. The largest absolute Gasteiger partial charge is 0.452 e. The maximum Gasteiger partial charge on any atom is 0.309 e. The van der Waals surface area contributed by atoms with Gasteiger partial charge < -0.3 is 10.1 Å². The van der Waals surface area contributed by atoms with E-state index in [1.165, 1.54) is 23.4 Å². The second kappa shape index (κ2) is 8.39. The summed E-state index contributed by atoms with van der Waals surface area (Å²) in [5.41, 5.74) is 0.462. The van der Waals surface area contributed by atoms with Crippen LogP contribution in [0.1, 0.15) is 45.4 Å². The number of ether oxygens (including phenoxy) is 1. The smallest absolute Gasteiger partial charge is 0.309 e. The molecule has 1 aliphatic heterocycles. The lowest BCUT2D eigenvalue weighted by Crippen LogP contribution is -2.32. The van der Waals surface area contributed by atoms with E-state index in [2.05, 4.69) is 5.32 Å². The molecule has 0 bridgehead atoms. The Morgan fingerprint density at radius 2 is 1.67 bits per heavy atom. The van der Waals surface area contributed by atoms with Crippen molar-refractivity contribution in [1.29, 1.82) is 0 Å². The third kappa shape index (κ3) is 4.68. The lowest BCUT2D eigenvalue weighted by Gasteiger charge is -2.17. The highest BCUT2D eigenvalue weighted by atomic mass is 32.2. The summed E-state index contributed by atoms with van der Waals surface area (Å²) >= 11 is 0. The molecule has 0 radical (unpaired) electrons. The fourth-order valence-electron chi connectivity index (χ4n) is 3.52. The predicted octanol–water partition coefficient (Wildman–Crippen LogP) is 2.53. The Bertz CT molecular complexity index is 779. The highest BCUT2D eigenvalue weighted by Gasteiger charge is 2.28. The summed E-state index contributed by atoms with van der Waals surface area (Å²) < 4.78 is 31.7. The van der Waals surface area contributed by atoms with E-state index in [-0.39, 0.29) is 16.8 Å². The van der Waals surface area contributed by atoms with Crippen molar-refractivity contribution in [2.75, 3.05) is 18.4 Å². The van der Waals surface area contributed by atoms with Gasteiger partial charge in [0.25, 0.3) is 5.91 Å². The number of benzene rings is 1.